The zero-order chi connectivity index (χ0) is 19.8. The average Bonchev–Trinajstić information content (AvgIpc) is 2.73. The Bertz CT molecular complexity index is 842. The standard InChI is InChI=1S/C21H28ClN5O/c1-23-21(24-11-5-7-13-26-12-6-4-10-20(26)28)27-16-14-25(15-17-27)19-9-3-2-8-18(19)22/h2-4,6,8-10,12H,5,7,11,13-17H2,1H3,(H,23,24). The average molecular weight is 402 g/mol. The van der Waals surface area contributed by atoms with Gasteiger partial charge in [0.1, 0.15) is 0 Å². The predicted octanol–water partition coefficient (Wildman–Crippen LogP) is 2.68. The molecule has 6 nitrogen and oxygen atoms in total. The molecular formula is C21H28ClN5O. The SMILES string of the molecule is CN=C(NCCCCn1ccccc1=O)N1CCN(c2ccccc2Cl)CC1. The van der Waals surface area contributed by atoms with Crippen molar-refractivity contribution in [2.24, 2.45) is 4.99 Å². The van der Waals surface area contributed by atoms with Gasteiger partial charge in [0.25, 0.3) is 0 Å². The van der Waals surface area contributed by atoms with Crippen LogP contribution in [0.4, 0.5) is 5.69 Å². The topological polar surface area (TPSA) is 52.9 Å². The number of halogens is 1. The third-order valence-corrected chi connectivity index (χ3v) is 5.31. The van der Waals surface area contributed by atoms with E-state index in [0.29, 0.717) is 0 Å². The zero-order valence-electron chi connectivity index (χ0n) is 16.4. The number of hydrogen-bond donors (Lipinski definition) is 1. The number of nitrogens with zero attached hydrogens (tertiary/aromatic N) is 4. The van der Waals surface area contributed by atoms with E-state index in [2.05, 4.69) is 26.2 Å². The van der Waals surface area contributed by atoms with Gasteiger partial charge < -0.3 is 19.7 Å². The van der Waals surface area contributed by atoms with Crippen molar-refractivity contribution in [2.75, 3.05) is 44.7 Å². The molecule has 1 fully saturated rings. The highest BCUT2D eigenvalue weighted by atomic mass is 35.5. The summed E-state index contributed by atoms with van der Waals surface area (Å²) in [7, 11) is 1.83. The summed E-state index contributed by atoms with van der Waals surface area (Å²) in [5.74, 6) is 0.940. The molecule has 1 aliphatic rings. The van der Waals surface area contributed by atoms with Crippen molar-refractivity contribution >= 4 is 23.2 Å². The van der Waals surface area contributed by atoms with Crippen molar-refractivity contribution in [3.8, 4) is 0 Å². The molecule has 0 amide bonds. The van der Waals surface area contributed by atoms with Crippen LogP contribution in [-0.2, 0) is 6.54 Å². The van der Waals surface area contributed by atoms with E-state index >= 15 is 0 Å². The smallest absolute Gasteiger partial charge is 0.250 e. The Labute approximate surface area is 171 Å². The number of nitrogens with one attached hydrogen (secondary N) is 1. The summed E-state index contributed by atoms with van der Waals surface area (Å²) in [6.07, 6.45) is 3.78. The molecular weight excluding hydrogens is 374 g/mol. The fourth-order valence-corrected chi connectivity index (χ4v) is 3.71. The molecule has 0 unspecified atom stereocenters. The molecule has 0 saturated carbocycles. The Kier molecular flexibility index (Phi) is 7.37. The second-order valence-corrected chi connectivity index (χ2v) is 7.25. The van der Waals surface area contributed by atoms with Crippen molar-refractivity contribution in [1.82, 2.24) is 14.8 Å². The van der Waals surface area contributed by atoms with E-state index in [1.165, 1.54) is 0 Å². The summed E-state index contributed by atoms with van der Waals surface area (Å²) in [6.45, 7) is 5.24. The van der Waals surface area contributed by atoms with Crippen LogP contribution in [0.3, 0.4) is 0 Å². The van der Waals surface area contributed by atoms with Gasteiger partial charge in [-0.1, -0.05) is 29.8 Å². The molecule has 3 rings (SSSR count). The van der Waals surface area contributed by atoms with E-state index in [-0.39, 0.29) is 5.56 Å². The number of hydrogen-bond acceptors (Lipinski definition) is 3. The second-order valence-electron chi connectivity index (χ2n) is 6.84. The Morgan fingerprint density at radius 1 is 1.07 bits per heavy atom. The van der Waals surface area contributed by atoms with Crippen LogP contribution < -0.4 is 15.8 Å². The number of aryl methyl sites for hydroxylation is 1. The van der Waals surface area contributed by atoms with Crippen molar-refractivity contribution in [3.63, 3.8) is 0 Å². The van der Waals surface area contributed by atoms with Crippen LogP contribution in [0.5, 0.6) is 0 Å². The lowest BCUT2D eigenvalue weighted by Crippen LogP contribution is -2.52. The molecule has 1 N–H and O–H groups in total. The zero-order valence-corrected chi connectivity index (χ0v) is 17.1. The molecule has 28 heavy (non-hydrogen) atoms. The fraction of sp³-hybridized carbons (Fsp3) is 0.429. The maximum atomic E-state index is 11.7. The normalized spacial score (nSPS) is 15.0. The molecule has 0 bridgehead atoms. The summed E-state index contributed by atoms with van der Waals surface area (Å²) in [5.41, 5.74) is 1.16. The lowest BCUT2D eigenvalue weighted by Gasteiger charge is -2.38. The summed E-state index contributed by atoms with van der Waals surface area (Å²) < 4.78 is 1.75. The van der Waals surface area contributed by atoms with Gasteiger partial charge in [0.2, 0.25) is 5.56 Å². The summed E-state index contributed by atoms with van der Waals surface area (Å²) in [6, 6.07) is 13.3. The third-order valence-electron chi connectivity index (χ3n) is 4.99. The molecule has 1 aromatic carbocycles. The van der Waals surface area contributed by atoms with Crippen molar-refractivity contribution in [3.05, 3.63) is 64.0 Å². The number of guanidine groups is 1. The van der Waals surface area contributed by atoms with Gasteiger partial charge in [0.15, 0.2) is 5.96 Å². The largest absolute Gasteiger partial charge is 0.367 e. The molecule has 1 aromatic heterocycles. The van der Waals surface area contributed by atoms with Gasteiger partial charge in [-0.05, 0) is 31.0 Å². The van der Waals surface area contributed by atoms with Gasteiger partial charge in [-0.15, -0.1) is 0 Å². The van der Waals surface area contributed by atoms with E-state index in [4.69, 9.17) is 11.6 Å². The first kappa shape index (κ1) is 20.3. The predicted molar refractivity (Wildman–Crippen MR) is 117 cm³/mol. The monoisotopic (exact) mass is 401 g/mol. The minimum atomic E-state index is 0.0580. The van der Waals surface area contributed by atoms with Crippen molar-refractivity contribution in [2.45, 2.75) is 19.4 Å². The highest BCUT2D eigenvalue weighted by Crippen LogP contribution is 2.25. The number of anilines is 1. The Morgan fingerprint density at radius 3 is 2.54 bits per heavy atom. The molecule has 0 spiro atoms. The first-order chi connectivity index (χ1) is 13.7. The molecule has 0 atom stereocenters. The van der Waals surface area contributed by atoms with Gasteiger partial charge in [-0.2, -0.15) is 0 Å². The fourth-order valence-electron chi connectivity index (χ4n) is 3.45. The summed E-state index contributed by atoms with van der Waals surface area (Å²) in [4.78, 5) is 20.7. The van der Waals surface area contributed by atoms with Gasteiger partial charge in [-0.25, -0.2) is 0 Å². The highest BCUT2D eigenvalue weighted by Gasteiger charge is 2.20. The minimum Gasteiger partial charge on any atom is -0.367 e. The number of aliphatic imine (C=N–C) groups is 1. The van der Waals surface area contributed by atoms with E-state index in [1.54, 1.807) is 16.7 Å². The Balaban J connectivity index is 1.41. The first-order valence-electron chi connectivity index (χ1n) is 9.79. The highest BCUT2D eigenvalue weighted by molar-refractivity contribution is 6.33. The van der Waals surface area contributed by atoms with E-state index in [1.807, 2.05) is 37.5 Å². The second kappa shape index (κ2) is 10.2. The maximum Gasteiger partial charge on any atom is 0.250 e. The number of piperazine rings is 1. The first-order valence-corrected chi connectivity index (χ1v) is 10.2. The summed E-state index contributed by atoms with van der Waals surface area (Å²) in [5, 5.41) is 4.25. The van der Waals surface area contributed by atoms with Crippen molar-refractivity contribution < 1.29 is 0 Å². The van der Waals surface area contributed by atoms with Crippen LogP contribution in [0.2, 0.25) is 5.02 Å². The molecule has 150 valence electrons. The van der Waals surface area contributed by atoms with Crippen LogP contribution in [0.25, 0.3) is 0 Å². The quantitative estimate of drug-likeness (QED) is 0.459. The van der Waals surface area contributed by atoms with E-state index in [9.17, 15) is 4.79 Å². The molecule has 0 radical (unpaired) electrons. The number of pyridine rings is 1. The van der Waals surface area contributed by atoms with E-state index in [0.717, 1.165) is 68.8 Å². The number of para-hydroxylation sites is 1. The van der Waals surface area contributed by atoms with Crippen LogP contribution in [0.1, 0.15) is 12.8 Å². The molecule has 2 heterocycles. The number of aromatic nitrogens is 1. The maximum absolute atomic E-state index is 11.7. The molecule has 1 saturated heterocycles. The Hall–Kier alpha value is -2.47. The molecule has 7 heteroatoms. The molecule has 0 aliphatic carbocycles. The number of rotatable bonds is 6. The molecule has 2 aromatic rings. The van der Waals surface area contributed by atoms with E-state index < -0.39 is 0 Å². The van der Waals surface area contributed by atoms with Crippen LogP contribution in [0.15, 0.2) is 58.4 Å². The van der Waals surface area contributed by atoms with Gasteiger partial charge in [0, 0.05) is 58.6 Å². The van der Waals surface area contributed by atoms with Crippen molar-refractivity contribution in [1.29, 1.82) is 0 Å². The summed E-state index contributed by atoms with van der Waals surface area (Å²) >= 11 is 6.32. The van der Waals surface area contributed by atoms with Crippen LogP contribution in [-0.4, -0.2) is 55.2 Å². The Morgan fingerprint density at radius 2 is 1.82 bits per heavy atom. The third kappa shape index (κ3) is 5.29. The number of benzene rings is 1. The lowest BCUT2D eigenvalue weighted by molar-refractivity contribution is 0.372. The lowest BCUT2D eigenvalue weighted by atomic mass is 10.2. The van der Waals surface area contributed by atoms with Gasteiger partial charge in [0.05, 0.1) is 10.7 Å². The van der Waals surface area contributed by atoms with Gasteiger partial charge in [-0.3, -0.25) is 9.79 Å². The molecule has 1 aliphatic heterocycles. The van der Waals surface area contributed by atoms with Crippen LogP contribution >= 0.6 is 11.6 Å². The minimum absolute atomic E-state index is 0.0580. The number of unbranched alkanes of at least 4 members (excludes halogenated alkanes) is 1. The van der Waals surface area contributed by atoms with Crippen LogP contribution in [0, 0.1) is 0 Å². The van der Waals surface area contributed by atoms with Gasteiger partial charge >= 0.3 is 0 Å².